The molecule has 0 aliphatic heterocycles. The van der Waals surface area contributed by atoms with Crippen LogP contribution in [0.4, 0.5) is 0 Å². The Labute approximate surface area is 112 Å². The molecule has 0 aromatic rings. The molecule has 0 aromatic heterocycles. The minimum absolute atomic E-state index is 0. The number of hydrogen-bond acceptors (Lipinski definition) is 4. The summed E-state index contributed by atoms with van der Waals surface area (Å²) in [5, 5.41) is 33.8. The van der Waals surface area contributed by atoms with Gasteiger partial charge in [-0.3, -0.25) is 9.59 Å². The minimum Gasteiger partial charge on any atom is -0.481 e. The van der Waals surface area contributed by atoms with Crippen LogP contribution in [0.1, 0.15) is 12.8 Å². The number of rotatable bonds is 5. The predicted octanol–water partition coefficient (Wildman–Crippen LogP) is -1.25. The molecule has 0 radical (unpaired) electrons. The summed E-state index contributed by atoms with van der Waals surface area (Å²) >= 11 is 0. The van der Waals surface area contributed by atoms with E-state index < -0.39 is 36.4 Å². The van der Waals surface area contributed by atoms with E-state index in [1.165, 1.54) is 0 Å². The van der Waals surface area contributed by atoms with Gasteiger partial charge in [0.25, 0.3) is 0 Å². The van der Waals surface area contributed by atoms with E-state index >= 15 is 0 Å². The van der Waals surface area contributed by atoms with E-state index in [2.05, 4.69) is 0 Å². The molecule has 0 aliphatic rings. The maximum absolute atomic E-state index is 10.3. The molecule has 0 saturated heterocycles. The number of carbonyl (C=O) groups is 3. The Balaban J connectivity index is -0.000000720. The third-order valence-electron chi connectivity index (χ3n) is 1.29. The molecule has 0 rings (SSSR count). The van der Waals surface area contributed by atoms with Gasteiger partial charge in [0.1, 0.15) is 0 Å². The molecule has 0 fully saturated rings. The summed E-state index contributed by atoms with van der Waals surface area (Å²) in [5.74, 6) is -5.02. The van der Waals surface area contributed by atoms with Crippen LogP contribution in [0.3, 0.4) is 0 Å². The summed E-state index contributed by atoms with van der Waals surface area (Å²) in [7, 11) is 0. The Bertz CT molecular complexity index is 238. The fourth-order valence-electron chi connectivity index (χ4n) is 0.714. The monoisotopic (exact) mass is 304 g/mol. The van der Waals surface area contributed by atoms with Gasteiger partial charge in [0.05, 0.1) is 12.8 Å². The summed E-state index contributed by atoms with van der Waals surface area (Å²) in [6.07, 6.45) is -2.29. The molecule has 15 heavy (non-hydrogen) atoms. The first kappa shape index (κ1) is 20.2. The first-order valence-corrected chi connectivity index (χ1v) is 3.17. The first-order chi connectivity index (χ1) is 5.78. The molecule has 0 spiro atoms. The number of carboxylic acids is 3. The zero-order valence-electron chi connectivity index (χ0n) is 7.63. The average Bonchev–Trinajstić information content (AvgIpc) is 1.82. The number of carboxylic acid groups (broad SMARTS) is 3. The van der Waals surface area contributed by atoms with Gasteiger partial charge in [-0.25, -0.2) is 4.79 Å². The van der Waals surface area contributed by atoms with Crippen molar-refractivity contribution >= 4 is 17.9 Å². The van der Waals surface area contributed by atoms with Crippen molar-refractivity contribution in [3.63, 3.8) is 0 Å². The molecule has 4 N–H and O–H groups in total. The van der Waals surface area contributed by atoms with Gasteiger partial charge in [-0.15, -0.1) is 0 Å². The third kappa shape index (κ3) is 7.62. The van der Waals surface area contributed by atoms with Gasteiger partial charge in [-0.1, -0.05) is 0 Å². The second-order valence-corrected chi connectivity index (χ2v) is 2.48. The van der Waals surface area contributed by atoms with Gasteiger partial charge in [-0.05, 0) is 0 Å². The van der Waals surface area contributed by atoms with Crippen LogP contribution in [0.5, 0.6) is 0 Å². The van der Waals surface area contributed by atoms with Crippen molar-refractivity contribution in [2.24, 2.45) is 0 Å². The van der Waals surface area contributed by atoms with E-state index in [9.17, 15) is 14.4 Å². The van der Waals surface area contributed by atoms with E-state index in [0.717, 1.165) is 0 Å². The molecule has 0 heterocycles. The van der Waals surface area contributed by atoms with Crippen molar-refractivity contribution in [3.05, 3.63) is 0 Å². The molecule has 7 nitrogen and oxygen atoms in total. The molecule has 0 unspecified atom stereocenters. The SMILES string of the molecule is O=C(O)CC(O)(CC(=O)O)C(=O)O.[Ti].[Zn]. The van der Waals surface area contributed by atoms with Crippen molar-refractivity contribution in [2.75, 3.05) is 0 Å². The molecule has 0 aliphatic carbocycles. The summed E-state index contributed by atoms with van der Waals surface area (Å²) in [4.78, 5) is 30.5. The standard InChI is InChI=1S/C6H8O7.Ti.Zn/c7-3(8)1-6(13,5(11)12)2-4(9)10;;/h13H,1-2H2,(H,7,8)(H,9,10)(H,11,12);;. The summed E-state index contributed by atoms with van der Waals surface area (Å²) in [6, 6.07) is 0. The topological polar surface area (TPSA) is 132 Å². The van der Waals surface area contributed by atoms with E-state index in [0.29, 0.717) is 0 Å². The van der Waals surface area contributed by atoms with E-state index in [1.54, 1.807) is 0 Å². The predicted molar refractivity (Wildman–Crippen MR) is 37.1 cm³/mol. The van der Waals surface area contributed by atoms with Crippen LogP contribution in [-0.4, -0.2) is 43.9 Å². The molecule has 0 amide bonds. The Morgan fingerprint density at radius 1 is 0.933 bits per heavy atom. The zero-order valence-corrected chi connectivity index (χ0v) is 12.2. The van der Waals surface area contributed by atoms with Gasteiger partial charge >= 0.3 is 17.9 Å². The van der Waals surface area contributed by atoms with Crippen LogP contribution in [0, 0.1) is 0 Å². The normalized spacial score (nSPS) is 9.40. The first-order valence-electron chi connectivity index (χ1n) is 3.17. The summed E-state index contributed by atoms with van der Waals surface area (Å²) in [5.41, 5.74) is -2.74. The van der Waals surface area contributed by atoms with Gasteiger partial charge < -0.3 is 20.4 Å². The maximum Gasteiger partial charge on any atom is 0.336 e. The second kappa shape index (κ2) is 7.93. The fraction of sp³-hybridized carbons (Fsp3) is 0.500. The Hall–Kier alpha value is -0.292. The fourth-order valence-corrected chi connectivity index (χ4v) is 0.714. The number of hydrogen-bond donors (Lipinski definition) is 4. The third-order valence-corrected chi connectivity index (χ3v) is 1.29. The molecule has 0 saturated carbocycles. The van der Waals surface area contributed by atoms with E-state index in [-0.39, 0.29) is 41.2 Å². The number of aliphatic carboxylic acids is 3. The van der Waals surface area contributed by atoms with Gasteiger partial charge in [0.2, 0.25) is 0 Å². The van der Waals surface area contributed by atoms with E-state index in [1.807, 2.05) is 0 Å². The van der Waals surface area contributed by atoms with Crippen LogP contribution in [0.25, 0.3) is 0 Å². The molecule has 9 heteroatoms. The van der Waals surface area contributed by atoms with E-state index in [4.69, 9.17) is 20.4 Å². The van der Waals surface area contributed by atoms with Crippen LogP contribution in [0.2, 0.25) is 0 Å². The second-order valence-electron chi connectivity index (χ2n) is 2.48. The van der Waals surface area contributed by atoms with Crippen molar-refractivity contribution in [1.82, 2.24) is 0 Å². The van der Waals surface area contributed by atoms with Crippen LogP contribution >= 0.6 is 0 Å². The summed E-state index contributed by atoms with van der Waals surface area (Å²) < 4.78 is 0. The van der Waals surface area contributed by atoms with Crippen LogP contribution < -0.4 is 0 Å². The Morgan fingerprint density at radius 3 is 1.33 bits per heavy atom. The smallest absolute Gasteiger partial charge is 0.336 e. The van der Waals surface area contributed by atoms with Crippen molar-refractivity contribution < 1.29 is 76.0 Å². The van der Waals surface area contributed by atoms with Gasteiger partial charge in [-0.2, -0.15) is 0 Å². The quantitative estimate of drug-likeness (QED) is 0.466. The Morgan fingerprint density at radius 2 is 1.20 bits per heavy atom. The zero-order chi connectivity index (χ0) is 10.6. The Kier molecular flexibility index (Phi) is 10.7. The van der Waals surface area contributed by atoms with Crippen LogP contribution in [-0.2, 0) is 55.6 Å². The van der Waals surface area contributed by atoms with Crippen molar-refractivity contribution in [2.45, 2.75) is 18.4 Å². The van der Waals surface area contributed by atoms with Gasteiger partial charge in [0, 0.05) is 41.2 Å². The summed E-state index contributed by atoms with van der Waals surface area (Å²) in [6.45, 7) is 0. The molecular formula is C6H8O7TiZn. The van der Waals surface area contributed by atoms with Crippen LogP contribution in [0.15, 0.2) is 0 Å². The van der Waals surface area contributed by atoms with Crippen molar-refractivity contribution in [3.8, 4) is 0 Å². The maximum atomic E-state index is 10.3. The molecule has 80 valence electrons. The molecular weight excluding hydrogens is 297 g/mol. The minimum atomic E-state index is -2.74. The largest absolute Gasteiger partial charge is 0.481 e. The van der Waals surface area contributed by atoms with Crippen molar-refractivity contribution in [1.29, 1.82) is 0 Å². The molecule has 0 atom stereocenters. The molecule has 0 bridgehead atoms. The number of aliphatic hydroxyl groups is 1. The molecule has 0 aromatic carbocycles. The average molecular weight is 305 g/mol. The van der Waals surface area contributed by atoms with Gasteiger partial charge in [0.15, 0.2) is 5.60 Å².